The van der Waals surface area contributed by atoms with Crippen LogP contribution >= 0.6 is 0 Å². The van der Waals surface area contributed by atoms with Crippen molar-refractivity contribution in [2.75, 3.05) is 13.1 Å². The van der Waals surface area contributed by atoms with Crippen LogP contribution in [0.4, 0.5) is 4.79 Å². The van der Waals surface area contributed by atoms with E-state index in [2.05, 4.69) is 19.2 Å². The van der Waals surface area contributed by atoms with Crippen molar-refractivity contribution < 1.29 is 9.53 Å². The minimum absolute atomic E-state index is 0.198. The van der Waals surface area contributed by atoms with Crippen LogP contribution in [0.15, 0.2) is 30.3 Å². The van der Waals surface area contributed by atoms with Crippen molar-refractivity contribution in [1.29, 1.82) is 0 Å². The van der Waals surface area contributed by atoms with Gasteiger partial charge in [0.1, 0.15) is 6.61 Å². The molecule has 1 aromatic carbocycles. The van der Waals surface area contributed by atoms with Crippen molar-refractivity contribution in [1.82, 2.24) is 10.2 Å². The number of nitrogens with zero attached hydrogens (tertiary/aromatic N) is 1. The lowest BCUT2D eigenvalue weighted by Gasteiger charge is -2.37. The van der Waals surface area contributed by atoms with Gasteiger partial charge in [-0.2, -0.15) is 0 Å². The molecule has 1 aliphatic rings. The minimum Gasteiger partial charge on any atom is -0.445 e. The highest BCUT2D eigenvalue weighted by Gasteiger charge is 2.29. The van der Waals surface area contributed by atoms with Crippen molar-refractivity contribution in [2.45, 2.75) is 45.4 Å². The molecule has 0 bridgehead atoms. The van der Waals surface area contributed by atoms with Gasteiger partial charge in [0.25, 0.3) is 0 Å². The number of benzene rings is 1. The molecule has 0 aliphatic carbocycles. The van der Waals surface area contributed by atoms with Crippen molar-refractivity contribution in [3.8, 4) is 0 Å². The number of nitrogens with one attached hydrogen (secondary N) is 1. The molecular weight excluding hydrogens is 252 g/mol. The summed E-state index contributed by atoms with van der Waals surface area (Å²) in [5.41, 5.74) is 1.02. The third-order valence-electron chi connectivity index (χ3n) is 3.81. The van der Waals surface area contributed by atoms with Crippen LogP contribution in [-0.4, -0.2) is 36.2 Å². The zero-order valence-corrected chi connectivity index (χ0v) is 12.3. The fourth-order valence-corrected chi connectivity index (χ4v) is 2.72. The zero-order valence-electron chi connectivity index (χ0n) is 12.3. The molecule has 1 aliphatic heterocycles. The van der Waals surface area contributed by atoms with E-state index in [1.807, 2.05) is 35.2 Å². The van der Waals surface area contributed by atoms with E-state index in [0.717, 1.165) is 31.5 Å². The van der Waals surface area contributed by atoms with E-state index in [0.29, 0.717) is 12.6 Å². The first kappa shape index (κ1) is 14.9. The molecule has 0 saturated carbocycles. The summed E-state index contributed by atoms with van der Waals surface area (Å²) in [6.07, 6.45) is 1.80. The molecule has 1 aromatic rings. The van der Waals surface area contributed by atoms with Crippen molar-refractivity contribution in [2.24, 2.45) is 0 Å². The number of ether oxygens (including phenoxy) is 1. The highest BCUT2D eigenvalue weighted by Crippen LogP contribution is 2.18. The Hall–Kier alpha value is -1.55. The number of carbonyl (C=O) groups is 1. The van der Waals surface area contributed by atoms with Crippen LogP contribution < -0.4 is 5.32 Å². The summed E-state index contributed by atoms with van der Waals surface area (Å²) < 4.78 is 5.40. The second-order valence-corrected chi connectivity index (χ2v) is 5.36. The number of likely N-dealkylation sites (tertiary alicyclic amines) is 1. The Bertz CT molecular complexity index is 422. The van der Waals surface area contributed by atoms with E-state index in [-0.39, 0.29) is 12.1 Å². The summed E-state index contributed by atoms with van der Waals surface area (Å²) in [5, 5.41) is 3.45. The average molecular weight is 276 g/mol. The summed E-state index contributed by atoms with van der Waals surface area (Å²) >= 11 is 0. The van der Waals surface area contributed by atoms with E-state index < -0.39 is 0 Å². The number of piperidine rings is 1. The Morgan fingerprint density at radius 2 is 2.15 bits per heavy atom. The van der Waals surface area contributed by atoms with E-state index in [9.17, 15) is 4.79 Å². The molecule has 4 heteroatoms. The average Bonchev–Trinajstić information content (AvgIpc) is 2.46. The van der Waals surface area contributed by atoms with E-state index in [1.165, 1.54) is 0 Å². The topological polar surface area (TPSA) is 41.6 Å². The van der Waals surface area contributed by atoms with Crippen LogP contribution in [0.2, 0.25) is 0 Å². The monoisotopic (exact) mass is 276 g/mol. The van der Waals surface area contributed by atoms with Crippen molar-refractivity contribution in [3.63, 3.8) is 0 Å². The number of amides is 1. The summed E-state index contributed by atoms with van der Waals surface area (Å²) in [4.78, 5) is 14.0. The van der Waals surface area contributed by atoms with Crippen LogP contribution in [0, 0.1) is 0 Å². The van der Waals surface area contributed by atoms with E-state index in [1.54, 1.807) is 0 Å². The predicted octanol–water partition coefficient (Wildman–Crippen LogP) is 2.79. The summed E-state index contributed by atoms with van der Waals surface area (Å²) in [5.74, 6) is 0. The molecule has 0 radical (unpaired) electrons. The molecule has 2 rings (SSSR count). The SMILES string of the molecule is CCNC1CCN(C(=O)OCc2ccccc2)C(C)C1. The normalized spacial score (nSPS) is 22.6. The van der Waals surface area contributed by atoms with Gasteiger partial charge in [0.15, 0.2) is 0 Å². The second kappa shape index (κ2) is 7.29. The first-order chi connectivity index (χ1) is 9.70. The van der Waals surface area contributed by atoms with Crippen LogP contribution in [0.25, 0.3) is 0 Å². The molecule has 4 nitrogen and oxygen atoms in total. The van der Waals surface area contributed by atoms with Crippen molar-refractivity contribution >= 4 is 6.09 Å². The van der Waals surface area contributed by atoms with E-state index in [4.69, 9.17) is 4.74 Å². The van der Waals surface area contributed by atoms with Gasteiger partial charge >= 0.3 is 6.09 Å². The largest absolute Gasteiger partial charge is 0.445 e. The molecule has 1 saturated heterocycles. The zero-order chi connectivity index (χ0) is 14.4. The lowest BCUT2D eigenvalue weighted by atomic mass is 9.99. The quantitative estimate of drug-likeness (QED) is 0.919. The van der Waals surface area contributed by atoms with Gasteiger partial charge in [-0.15, -0.1) is 0 Å². The molecule has 20 heavy (non-hydrogen) atoms. The molecule has 0 spiro atoms. The smallest absolute Gasteiger partial charge is 0.410 e. The Labute approximate surface area is 121 Å². The highest BCUT2D eigenvalue weighted by molar-refractivity contribution is 5.68. The van der Waals surface area contributed by atoms with Gasteiger partial charge in [-0.05, 0) is 31.9 Å². The standard InChI is InChI=1S/C16H24N2O2/c1-3-17-15-9-10-18(13(2)11-15)16(19)20-12-14-7-5-4-6-8-14/h4-8,13,15,17H,3,9-12H2,1-2H3. The molecule has 1 heterocycles. The third kappa shape index (κ3) is 3.97. The lowest BCUT2D eigenvalue weighted by molar-refractivity contribution is 0.0663. The number of rotatable bonds is 4. The Kier molecular flexibility index (Phi) is 5.41. The maximum atomic E-state index is 12.1. The maximum Gasteiger partial charge on any atom is 0.410 e. The number of carbonyl (C=O) groups excluding carboxylic acids is 1. The van der Waals surface area contributed by atoms with Gasteiger partial charge in [-0.1, -0.05) is 37.3 Å². The molecule has 110 valence electrons. The molecule has 1 N–H and O–H groups in total. The van der Waals surface area contributed by atoms with Gasteiger partial charge in [0.2, 0.25) is 0 Å². The van der Waals surface area contributed by atoms with Crippen molar-refractivity contribution in [3.05, 3.63) is 35.9 Å². The first-order valence-corrected chi connectivity index (χ1v) is 7.41. The number of hydrogen-bond donors (Lipinski definition) is 1. The maximum absolute atomic E-state index is 12.1. The van der Waals surface area contributed by atoms with Crippen LogP contribution in [0.3, 0.4) is 0 Å². The second-order valence-electron chi connectivity index (χ2n) is 5.36. The summed E-state index contributed by atoms with van der Waals surface area (Å²) in [6, 6.07) is 10.5. The third-order valence-corrected chi connectivity index (χ3v) is 3.81. The van der Waals surface area contributed by atoms with Crippen LogP contribution in [0.5, 0.6) is 0 Å². The fourth-order valence-electron chi connectivity index (χ4n) is 2.72. The first-order valence-electron chi connectivity index (χ1n) is 7.41. The molecular formula is C16H24N2O2. The highest BCUT2D eigenvalue weighted by atomic mass is 16.6. The van der Waals surface area contributed by atoms with Crippen LogP contribution in [-0.2, 0) is 11.3 Å². The van der Waals surface area contributed by atoms with Crippen LogP contribution in [0.1, 0.15) is 32.3 Å². The van der Waals surface area contributed by atoms with Gasteiger partial charge in [-0.25, -0.2) is 4.79 Å². The Balaban J connectivity index is 1.81. The van der Waals surface area contributed by atoms with Gasteiger partial charge in [0.05, 0.1) is 0 Å². The summed E-state index contributed by atoms with van der Waals surface area (Å²) in [6.45, 7) is 6.31. The predicted molar refractivity (Wildman–Crippen MR) is 79.5 cm³/mol. The van der Waals surface area contributed by atoms with Gasteiger partial charge < -0.3 is 15.0 Å². The Morgan fingerprint density at radius 3 is 2.80 bits per heavy atom. The number of hydrogen-bond acceptors (Lipinski definition) is 3. The molecule has 2 atom stereocenters. The fraction of sp³-hybridized carbons (Fsp3) is 0.562. The lowest BCUT2D eigenvalue weighted by Crippen LogP contribution is -2.49. The van der Waals surface area contributed by atoms with Gasteiger partial charge in [-0.3, -0.25) is 0 Å². The molecule has 1 amide bonds. The minimum atomic E-state index is -0.198. The molecule has 0 aromatic heterocycles. The molecule has 2 unspecified atom stereocenters. The summed E-state index contributed by atoms with van der Waals surface area (Å²) in [7, 11) is 0. The van der Waals surface area contributed by atoms with E-state index >= 15 is 0 Å². The Morgan fingerprint density at radius 1 is 1.40 bits per heavy atom. The van der Waals surface area contributed by atoms with Gasteiger partial charge in [0, 0.05) is 18.6 Å². The molecule has 1 fully saturated rings.